The molecule has 6 rings (SSSR count). The zero-order valence-electron chi connectivity index (χ0n) is 18.1. The fourth-order valence-corrected chi connectivity index (χ4v) is 4.54. The molecule has 11 heteroatoms. The first kappa shape index (κ1) is 20.4. The number of aliphatic hydroxyl groups excluding tert-OH is 1. The molecule has 0 aliphatic heterocycles. The van der Waals surface area contributed by atoms with Crippen molar-refractivity contribution >= 4 is 28.5 Å². The molecule has 1 aliphatic carbocycles. The molecule has 3 atom stereocenters. The lowest BCUT2D eigenvalue weighted by Gasteiger charge is -2.22. The number of aromatic nitrogens is 6. The molecule has 1 amide bonds. The highest BCUT2D eigenvalue weighted by Gasteiger charge is 2.32. The molecule has 4 heterocycles. The van der Waals surface area contributed by atoms with Gasteiger partial charge in [-0.3, -0.25) is 4.79 Å². The second kappa shape index (κ2) is 7.96. The maximum atomic E-state index is 13.5. The molecule has 4 N–H and O–H groups in total. The number of carbonyl (C=O) groups excluding carboxylic acids is 1. The van der Waals surface area contributed by atoms with Gasteiger partial charge in [0.1, 0.15) is 0 Å². The number of nitrogen functional groups attached to an aromatic ring is 1. The molecule has 1 saturated carbocycles. The quantitative estimate of drug-likeness (QED) is 0.362. The highest BCUT2D eigenvalue weighted by molar-refractivity contribution is 5.92. The number of nitrogens with two attached hydrogens (primary N) is 1. The van der Waals surface area contributed by atoms with E-state index in [-0.39, 0.29) is 17.9 Å². The van der Waals surface area contributed by atoms with Crippen molar-refractivity contribution in [2.24, 2.45) is 0 Å². The van der Waals surface area contributed by atoms with Crippen molar-refractivity contribution < 1.29 is 14.3 Å². The lowest BCUT2D eigenvalue weighted by atomic mass is 10.1. The minimum atomic E-state index is -0.812. The molecule has 1 aliphatic rings. The van der Waals surface area contributed by atoms with Crippen molar-refractivity contribution in [2.75, 3.05) is 5.73 Å². The fraction of sp³-hybridized carbons (Fsp3) is 0.261. The molecule has 4 aromatic heterocycles. The summed E-state index contributed by atoms with van der Waals surface area (Å²) in [6.45, 7) is 0. The van der Waals surface area contributed by atoms with Crippen LogP contribution in [0.4, 0.5) is 5.95 Å². The third-order valence-corrected chi connectivity index (χ3v) is 6.21. The van der Waals surface area contributed by atoms with Crippen LogP contribution in [0.25, 0.3) is 28.3 Å². The van der Waals surface area contributed by atoms with Crippen LogP contribution in [0.1, 0.15) is 30.9 Å². The van der Waals surface area contributed by atoms with Crippen LogP contribution in [0, 0.1) is 0 Å². The predicted octanol–water partition coefficient (Wildman–Crippen LogP) is 1.94. The molecule has 0 spiro atoms. The number of amides is 1. The monoisotopic (exact) mass is 458 g/mol. The van der Waals surface area contributed by atoms with E-state index in [1.807, 2.05) is 30.3 Å². The van der Waals surface area contributed by atoms with Crippen LogP contribution in [0.3, 0.4) is 0 Å². The van der Waals surface area contributed by atoms with E-state index in [1.165, 1.54) is 4.52 Å². The Bertz CT molecular complexity index is 1470. The van der Waals surface area contributed by atoms with Gasteiger partial charge >= 0.3 is 0 Å². The maximum absolute atomic E-state index is 13.5. The number of hydrogen-bond donors (Lipinski definition) is 3. The predicted molar refractivity (Wildman–Crippen MR) is 123 cm³/mol. The first-order valence-corrected chi connectivity index (χ1v) is 11.1. The second-order valence-corrected chi connectivity index (χ2v) is 8.37. The molecule has 34 heavy (non-hydrogen) atoms. The Hall–Kier alpha value is -4.25. The number of anilines is 1. The normalized spacial score (nSPS) is 19.1. The standard InChI is InChI=1S/C23H22N8O3/c24-23-28-21-14(20-27-19(29-31(20)23)17-10-5-11-34-17)12-25-30(21)18(13-6-2-1-3-7-13)22(33)26-15-8-4-9-16(15)32/h1-3,5-7,10-12,15-16,18,32H,4,8-9H2,(H2,24,28)(H,26,33)/t15-,16+,18?/m1/s1. The number of rotatable bonds is 5. The molecule has 0 saturated heterocycles. The van der Waals surface area contributed by atoms with E-state index in [2.05, 4.69) is 25.5 Å². The molecule has 172 valence electrons. The van der Waals surface area contributed by atoms with Crippen LogP contribution in [0.2, 0.25) is 0 Å². The summed E-state index contributed by atoms with van der Waals surface area (Å²) >= 11 is 0. The summed E-state index contributed by atoms with van der Waals surface area (Å²) in [4.78, 5) is 22.6. The lowest BCUT2D eigenvalue weighted by molar-refractivity contribution is -0.124. The highest BCUT2D eigenvalue weighted by atomic mass is 16.3. The van der Waals surface area contributed by atoms with Gasteiger partial charge in [0.25, 0.3) is 0 Å². The topological polar surface area (TPSA) is 149 Å². The van der Waals surface area contributed by atoms with Crippen molar-refractivity contribution in [3.8, 4) is 11.6 Å². The first-order valence-electron chi connectivity index (χ1n) is 11.1. The Morgan fingerprint density at radius 1 is 1.15 bits per heavy atom. The Labute approximate surface area is 193 Å². The number of aliphatic hydroxyl groups is 1. The summed E-state index contributed by atoms with van der Waals surface area (Å²) in [7, 11) is 0. The molecular weight excluding hydrogens is 436 g/mol. The second-order valence-electron chi connectivity index (χ2n) is 8.37. The molecule has 5 aromatic rings. The largest absolute Gasteiger partial charge is 0.461 e. The molecule has 11 nitrogen and oxygen atoms in total. The number of benzene rings is 1. The van der Waals surface area contributed by atoms with E-state index in [0.29, 0.717) is 34.7 Å². The van der Waals surface area contributed by atoms with Crippen LogP contribution >= 0.6 is 0 Å². The summed E-state index contributed by atoms with van der Waals surface area (Å²) in [5.41, 5.74) is 7.82. The van der Waals surface area contributed by atoms with E-state index >= 15 is 0 Å². The Balaban J connectivity index is 1.48. The van der Waals surface area contributed by atoms with Crippen LogP contribution in [-0.2, 0) is 4.79 Å². The molecule has 1 unspecified atom stereocenters. The van der Waals surface area contributed by atoms with E-state index in [4.69, 9.17) is 10.2 Å². The van der Waals surface area contributed by atoms with Gasteiger partial charge in [-0.05, 0) is 37.0 Å². The van der Waals surface area contributed by atoms with Crippen molar-refractivity contribution in [3.63, 3.8) is 0 Å². The average Bonchev–Trinajstić information content (AvgIpc) is 3.62. The third kappa shape index (κ3) is 3.28. The summed E-state index contributed by atoms with van der Waals surface area (Å²) in [6, 6.07) is 11.7. The van der Waals surface area contributed by atoms with Crippen LogP contribution in [0.5, 0.6) is 0 Å². The third-order valence-electron chi connectivity index (χ3n) is 6.21. The minimum absolute atomic E-state index is 0.105. The zero-order chi connectivity index (χ0) is 23.2. The van der Waals surface area contributed by atoms with Gasteiger partial charge in [0.15, 0.2) is 23.1 Å². The van der Waals surface area contributed by atoms with Crippen LogP contribution in [0.15, 0.2) is 59.3 Å². The van der Waals surface area contributed by atoms with E-state index in [1.54, 1.807) is 29.3 Å². The smallest absolute Gasteiger partial charge is 0.249 e. The van der Waals surface area contributed by atoms with Gasteiger partial charge in [0.05, 0.1) is 30.0 Å². The molecule has 0 bridgehead atoms. The van der Waals surface area contributed by atoms with E-state index in [9.17, 15) is 9.90 Å². The number of carbonyl (C=O) groups is 1. The van der Waals surface area contributed by atoms with Gasteiger partial charge in [0.2, 0.25) is 17.7 Å². The summed E-state index contributed by atoms with van der Waals surface area (Å²) in [5.74, 6) is 0.694. The van der Waals surface area contributed by atoms with Gasteiger partial charge in [-0.15, -0.1) is 5.10 Å². The summed E-state index contributed by atoms with van der Waals surface area (Å²) in [6.07, 6.45) is 4.86. The highest BCUT2D eigenvalue weighted by Crippen LogP contribution is 2.28. The van der Waals surface area contributed by atoms with E-state index in [0.717, 1.165) is 18.4 Å². The zero-order valence-corrected chi connectivity index (χ0v) is 18.1. The molecule has 1 fully saturated rings. The SMILES string of the molecule is Nc1nc2c(cnn2C(C(=O)N[C@@H]2CCC[C@@H]2O)c2ccccc2)c2nc(-c3ccco3)nn12. The van der Waals surface area contributed by atoms with Gasteiger partial charge in [-0.1, -0.05) is 30.3 Å². The Morgan fingerprint density at radius 2 is 2.00 bits per heavy atom. The fourth-order valence-electron chi connectivity index (χ4n) is 4.54. The average molecular weight is 458 g/mol. The van der Waals surface area contributed by atoms with Crippen molar-refractivity contribution in [1.29, 1.82) is 0 Å². The van der Waals surface area contributed by atoms with Gasteiger partial charge in [0, 0.05) is 0 Å². The minimum Gasteiger partial charge on any atom is -0.461 e. The summed E-state index contributed by atoms with van der Waals surface area (Å²) < 4.78 is 8.38. The number of furan rings is 1. The maximum Gasteiger partial charge on any atom is 0.249 e. The van der Waals surface area contributed by atoms with Crippen LogP contribution in [-0.4, -0.2) is 52.5 Å². The van der Waals surface area contributed by atoms with Crippen molar-refractivity contribution in [1.82, 2.24) is 34.7 Å². The molecular formula is C23H22N8O3. The molecule has 0 radical (unpaired) electrons. The first-order chi connectivity index (χ1) is 16.6. The Kier molecular flexibility index (Phi) is 4.77. The Morgan fingerprint density at radius 3 is 2.74 bits per heavy atom. The van der Waals surface area contributed by atoms with E-state index < -0.39 is 12.1 Å². The van der Waals surface area contributed by atoms with Crippen molar-refractivity contribution in [3.05, 3.63) is 60.5 Å². The van der Waals surface area contributed by atoms with Gasteiger partial charge in [-0.2, -0.15) is 14.6 Å². The summed E-state index contributed by atoms with van der Waals surface area (Å²) in [5, 5.41) is 22.8. The van der Waals surface area contributed by atoms with Crippen molar-refractivity contribution in [2.45, 2.75) is 37.5 Å². The van der Waals surface area contributed by atoms with Gasteiger partial charge in [-0.25, -0.2) is 9.67 Å². The van der Waals surface area contributed by atoms with Crippen LogP contribution < -0.4 is 11.1 Å². The molecule has 1 aromatic carbocycles. The number of fused-ring (bicyclic) bond motifs is 3. The van der Waals surface area contributed by atoms with Gasteiger partial charge < -0.3 is 20.6 Å². The number of hydrogen-bond acceptors (Lipinski definition) is 8. The lowest BCUT2D eigenvalue weighted by Crippen LogP contribution is -2.44. The number of nitrogens with one attached hydrogen (secondary N) is 1. The number of nitrogens with zero attached hydrogens (tertiary/aromatic N) is 6.